The lowest BCUT2D eigenvalue weighted by Gasteiger charge is -2.39. The molecule has 0 radical (unpaired) electrons. The van der Waals surface area contributed by atoms with Gasteiger partial charge in [-0.1, -0.05) is 60.7 Å². The van der Waals surface area contributed by atoms with Gasteiger partial charge < -0.3 is 23.7 Å². The van der Waals surface area contributed by atoms with Crippen LogP contribution in [0.15, 0.2) is 60.7 Å². The van der Waals surface area contributed by atoms with Crippen molar-refractivity contribution in [3.63, 3.8) is 0 Å². The van der Waals surface area contributed by atoms with Crippen LogP contribution in [-0.4, -0.2) is 37.3 Å². The third-order valence-electron chi connectivity index (χ3n) is 4.85. The first-order chi connectivity index (χ1) is 12.4. The van der Waals surface area contributed by atoms with Gasteiger partial charge in [0.05, 0.1) is 13.2 Å². The van der Waals surface area contributed by atoms with Crippen LogP contribution in [0.5, 0.6) is 0 Å². The van der Waals surface area contributed by atoms with E-state index in [4.69, 9.17) is 23.7 Å². The minimum atomic E-state index is -0.369. The SMILES string of the molecule is c1ccc(CO[C@@H]2O[C@H]3CO[C@@H](c4ccccc4)O[C@H]3[C@@H]3O[C@H]23)cc1. The number of ether oxygens (including phenoxy) is 5. The van der Waals surface area contributed by atoms with Crippen molar-refractivity contribution < 1.29 is 23.7 Å². The van der Waals surface area contributed by atoms with Crippen LogP contribution in [0.25, 0.3) is 0 Å². The van der Waals surface area contributed by atoms with E-state index >= 15 is 0 Å². The Bertz CT molecular complexity index is 707. The molecule has 3 saturated heterocycles. The van der Waals surface area contributed by atoms with Gasteiger partial charge in [0.1, 0.15) is 24.4 Å². The molecular formula is C20H20O5. The monoisotopic (exact) mass is 340 g/mol. The first-order valence-corrected chi connectivity index (χ1v) is 8.67. The Hall–Kier alpha value is -1.76. The summed E-state index contributed by atoms with van der Waals surface area (Å²) in [5, 5.41) is 0. The molecule has 3 fully saturated rings. The number of fused-ring (bicyclic) bond motifs is 3. The predicted octanol–water partition coefficient (Wildman–Crippen LogP) is 2.81. The van der Waals surface area contributed by atoms with Crippen molar-refractivity contribution in [3.05, 3.63) is 71.8 Å². The van der Waals surface area contributed by atoms with E-state index in [0.717, 1.165) is 11.1 Å². The number of rotatable bonds is 4. The highest BCUT2D eigenvalue weighted by atomic mass is 16.8. The average molecular weight is 340 g/mol. The molecule has 6 atom stereocenters. The molecule has 0 aromatic heterocycles. The second kappa shape index (κ2) is 6.52. The van der Waals surface area contributed by atoms with E-state index in [1.807, 2.05) is 60.7 Å². The summed E-state index contributed by atoms with van der Waals surface area (Å²) in [6.45, 7) is 0.978. The zero-order valence-corrected chi connectivity index (χ0v) is 13.7. The van der Waals surface area contributed by atoms with Gasteiger partial charge >= 0.3 is 0 Å². The van der Waals surface area contributed by atoms with Crippen LogP contribution in [-0.2, 0) is 30.3 Å². The van der Waals surface area contributed by atoms with Crippen molar-refractivity contribution in [2.45, 2.75) is 43.6 Å². The quantitative estimate of drug-likeness (QED) is 0.801. The molecule has 0 unspecified atom stereocenters. The van der Waals surface area contributed by atoms with Crippen molar-refractivity contribution in [1.29, 1.82) is 0 Å². The van der Waals surface area contributed by atoms with Gasteiger partial charge in [-0.15, -0.1) is 0 Å². The second-order valence-corrected chi connectivity index (χ2v) is 6.58. The summed E-state index contributed by atoms with van der Waals surface area (Å²) < 4.78 is 29.7. The molecule has 3 aliphatic rings. The lowest BCUT2D eigenvalue weighted by atomic mass is 10.0. The van der Waals surface area contributed by atoms with E-state index in [2.05, 4.69) is 0 Å². The molecule has 0 amide bonds. The molecule has 0 spiro atoms. The molecule has 0 aliphatic carbocycles. The average Bonchev–Trinajstić information content (AvgIpc) is 3.49. The molecule has 5 nitrogen and oxygen atoms in total. The van der Waals surface area contributed by atoms with Crippen molar-refractivity contribution >= 4 is 0 Å². The smallest absolute Gasteiger partial charge is 0.187 e. The number of hydrogen-bond donors (Lipinski definition) is 0. The van der Waals surface area contributed by atoms with Crippen LogP contribution in [0.4, 0.5) is 0 Å². The molecule has 3 heterocycles. The molecule has 5 rings (SSSR count). The third kappa shape index (κ3) is 3.10. The van der Waals surface area contributed by atoms with Crippen LogP contribution in [0.3, 0.4) is 0 Å². The van der Waals surface area contributed by atoms with E-state index in [-0.39, 0.29) is 37.0 Å². The Kier molecular flexibility index (Phi) is 4.04. The molecule has 0 saturated carbocycles. The van der Waals surface area contributed by atoms with E-state index < -0.39 is 0 Å². The largest absolute Gasteiger partial charge is 0.361 e. The fourth-order valence-corrected chi connectivity index (χ4v) is 3.49. The second-order valence-electron chi connectivity index (χ2n) is 6.58. The first kappa shape index (κ1) is 15.5. The van der Waals surface area contributed by atoms with Crippen molar-refractivity contribution in [1.82, 2.24) is 0 Å². The molecule has 2 aromatic rings. The zero-order chi connectivity index (χ0) is 16.6. The van der Waals surface area contributed by atoms with Crippen molar-refractivity contribution in [3.8, 4) is 0 Å². The maximum atomic E-state index is 6.11. The summed E-state index contributed by atoms with van der Waals surface area (Å²) in [6.07, 6.45) is -1.04. The van der Waals surface area contributed by atoms with Crippen LogP contribution >= 0.6 is 0 Å². The van der Waals surface area contributed by atoms with E-state index in [1.165, 1.54) is 0 Å². The maximum Gasteiger partial charge on any atom is 0.187 e. The standard InChI is InChI=1S/C20H20O5/c1-3-7-13(8-4-1)11-21-20-18-17(24-18)16-15(23-20)12-22-19(25-16)14-9-5-2-6-10-14/h1-10,15-20H,11-12H2/t15-,16+,17-,18-,19+,20+/m0/s1. The van der Waals surface area contributed by atoms with Crippen LogP contribution in [0, 0.1) is 0 Å². The molecule has 130 valence electrons. The molecular weight excluding hydrogens is 320 g/mol. The zero-order valence-electron chi connectivity index (χ0n) is 13.7. The number of benzene rings is 2. The van der Waals surface area contributed by atoms with E-state index in [0.29, 0.717) is 13.2 Å². The molecule has 0 bridgehead atoms. The summed E-state index contributed by atoms with van der Waals surface area (Å²) in [5.41, 5.74) is 2.13. The molecule has 5 heteroatoms. The molecule has 0 N–H and O–H groups in total. The number of epoxide rings is 1. The molecule has 25 heavy (non-hydrogen) atoms. The predicted molar refractivity (Wildman–Crippen MR) is 88.6 cm³/mol. The Balaban J connectivity index is 1.22. The summed E-state index contributed by atoms with van der Waals surface area (Å²) in [5.74, 6) is 0. The Morgan fingerprint density at radius 2 is 1.56 bits per heavy atom. The summed E-state index contributed by atoms with van der Waals surface area (Å²) in [6, 6.07) is 20.0. The third-order valence-corrected chi connectivity index (χ3v) is 4.85. The van der Waals surface area contributed by atoms with Gasteiger partial charge in [0.15, 0.2) is 12.6 Å². The summed E-state index contributed by atoms with van der Waals surface area (Å²) in [7, 11) is 0. The van der Waals surface area contributed by atoms with Gasteiger partial charge in [-0.05, 0) is 5.56 Å². The highest BCUT2D eigenvalue weighted by Crippen LogP contribution is 2.43. The number of hydrogen-bond acceptors (Lipinski definition) is 5. The molecule has 3 aliphatic heterocycles. The summed E-state index contributed by atoms with van der Waals surface area (Å²) in [4.78, 5) is 0. The van der Waals surface area contributed by atoms with Gasteiger partial charge in [-0.25, -0.2) is 0 Å². The van der Waals surface area contributed by atoms with Crippen molar-refractivity contribution in [2.75, 3.05) is 6.61 Å². The highest BCUT2D eigenvalue weighted by Gasteiger charge is 2.60. The van der Waals surface area contributed by atoms with Crippen LogP contribution < -0.4 is 0 Å². The lowest BCUT2D eigenvalue weighted by Crippen LogP contribution is -2.52. The normalized spacial score (nSPS) is 36.3. The molecule has 2 aromatic carbocycles. The van der Waals surface area contributed by atoms with Gasteiger partial charge in [0, 0.05) is 5.56 Å². The minimum absolute atomic E-state index is 0.0228. The van der Waals surface area contributed by atoms with Gasteiger partial charge in [0.25, 0.3) is 0 Å². The van der Waals surface area contributed by atoms with Gasteiger partial charge in [-0.2, -0.15) is 0 Å². The van der Waals surface area contributed by atoms with Gasteiger partial charge in [0.2, 0.25) is 0 Å². The highest BCUT2D eigenvalue weighted by molar-refractivity contribution is 5.17. The minimum Gasteiger partial charge on any atom is -0.361 e. The fraction of sp³-hybridized carbons (Fsp3) is 0.400. The summed E-state index contributed by atoms with van der Waals surface area (Å²) >= 11 is 0. The Morgan fingerprint density at radius 1 is 0.800 bits per heavy atom. The topological polar surface area (TPSA) is 49.5 Å². The van der Waals surface area contributed by atoms with Crippen LogP contribution in [0.1, 0.15) is 17.4 Å². The van der Waals surface area contributed by atoms with Gasteiger partial charge in [-0.3, -0.25) is 0 Å². The Labute approximate surface area is 146 Å². The maximum absolute atomic E-state index is 6.11. The Morgan fingerprint density at radius 3 is 2.36 bits per heavy atom. The van der Waals surface area contributed by atoms with E-state index in [1.54, 1.807) is 0 Å². The fourth-order valence-electron chi connectivity index (χ4n) is 3.49. The first-order valence-electron chi connectivity index (χ1n) is 8.67. The lowest BCUT2D eigenvalue weighted by molar-refractivity contribution is -0.308. The van der Waals surface area contributed by atoms with Crippen LogP contribution in [0.2, 0.25) is 0 Å². The van der Waals surface area contributed by atoms with E-state index in [9.17, 15) is 0 Å². The van der Waals surface area contributed by atoms with Crippen molar-refractivity contribution in [2.24, 2.45) is 0 Å².